The molecule has 1 saturated carbocycles. The predicted octanol–water partition coefficient (Wildman–Crippen LogP) is 3.10. The minimum absolute atomic E-state index is 0. The van der Waals surface area contributed by atoms with Crippen molar-refractivity contribution in [3.8, 4) is 5.75 Å². The average molecular weight is 371 g/mol. The van der Waals surface area contributed by atoms with Gasteiger partial charge in [-0.1, -0.05) is 25.0 Å². The molecule has 3 rings (SSSR count). The van der Waals surface area contributed by atoms with Crippen molar-refractivity contribution in [2.24, 2.45) is 0 Å². The zero-order valence-corrected chi connectivity index (χ0v) is 15.8. The molecule has 4 nitrogen and oxygen atoms in total. The van der Waals surface area contributed by atoms with E-state index in [1.165, 1.54) is 18.4 Å². The van der Waals surface area contributed by atoms with E-state index < -0.39 is 0 Å². The first-order valence-electron chi connectivity index (χ1n) is 8.48. The van der Waals surface area contributed by atoms with Crippen LogP contribution in [0.4, 0.5) is 0 Å². The molecule has 1 aliphatic carbocycles. The van der Waals surface area contributed by atoms with E-state index in [4.69, 9.17) is 4.74 Å². The summed E-state index contributed by atoms with van der Waals surface area (Å²) in [6.07, 6.45) is 4.97. The van der Waals surface area contributed by atoms with Gasteiger partial charge in [-0.3, -0.25) is 4.79 Å². The highest BCUT2D eigenvalue weighted by atomic mass is 35.5. The molecule has 2 N–H and O–H groups in total. The van der Waals surface area contributed by atoms with Crippen LogP contribution in [0.5, 0.6) is 5.75 Å². The molecule has 134 valence electrons. The predicted molar refractivity (Wildman–Crippen MR) is 102 cm³/mol. The molecule has 0 bridgehead atoms. The number of carbonyl (C=O) groups is 1. The second-order valence-corrected chi connectivity index (χ2v) is 7.65. The van der Waals surface area contributed by atoms with Crippen molar-refractivity contribution < 1.29 is 9.53 Å². The van der Waals surface area contributed by atoms with Gasteiger partial charge in [0.1, 0.15) is 5.75 Å². The first-order chi connectivity index (χ1) is 11.2. The zero-order chi connectivity index (χ0) is 16.1. The Labute approximate surface area is 154 Å². The summed E-state index contributed by atoms with van der Waals surface area (Å²) in [5, 5.41) is 6.81. The van der Waals surface area contributed by atoms with Crippen LogP contribution < -0.4 is 15.4 Å². The third-order valence-corrected chi connectivity index (χ3v) is 6.04. The van der Waals surface area contributed by atoms with Gasteiger partial charge in [-0.25, -0.2) is 0 Å². The standard InChI is InChI=1S/C18H26N2O2S.ClH/c1-22-16-6-4-14(5-7-16)18(8-2-3-9-18)20-17(21)12-15-13-23-11-10-19-15;/h4-7,15,19H,2-3,8-13H2,1H3,(H,20,21);1H. The van der Waals surface area contributed by atoms with Gasteiger partial charge in [0.2, 0.25) is 5.91 Å². The lowest BCUT2D eigenvalue weighted by Gasteiger charge is -2.32. The average Bonchev–Trinajstić information content (AvgIpc) is 3.05. The Balaban J connectivity index is 0.00000208. The van der Waals surface area contributed by atoms with Crippen molar-refractivity contribution in [3.63, 3.8) is 0 Å². The van der Waals surface area contributed by atoms with E-state index >= 15 is 0 Å². The van der Waals surface area contributed by atoms with Gasteiger partial charge < -0.3 is 15.4 Å². The number of nitrogens with one attached hydrogen (secondary N) is 2. The molecule has 1 aromatic carbocycles. The molecule has 2 aliphatic rings. The van der Waals surface area contributed by atoms with E-state index in [-0.39, 0.29) is 23.9 Å². The third kappa shape index (κ3) is 4.58. The van der Waals surface area contributed by atoms with Crippen molar-refractivity contribution in [1.29, 1.82) is 0 Å². The first kappa shape index (κ1) is 19.4. The Bertz CT molecular complexity index is 526. The summed E-state index contributed by atoms with van der Waals surface area (Å²) in [5.74, 6) is 3.20. The van der Waals surface area contributed by atoms with Crippen LogP contribution in [0.15, 0.2) is 24.3 Å². The number of carbonyl (C=O) groups excluding carboxylic acids is 1. The quantitative estimate of drug-likeness (QED) is 0.836. The molecule has 6 heteroatoms. The topological polar surface area (TPSA) is 50.4 Å². The van der Waals surface area contributed by atoms with Gasteiger partial charge in [0.15, 0.2) is 0 Å². The maximum atomic E-state index is 12.6. The summed E-state index contributed by atoms with van der Waals surface area (Å²) in [7, 11) is 1.68. The number of halogens is 1. The SMILES string of the molecule is COc1ccc(C2(NC(=O)CC3CSCCN3)CCCC2)cc1.Cl. The lowest BCUT2D eigenvalue weighted by Crippen LogP contribution is -2.47. The molecular weight excluding hydrogens is 344 g/mol. The van der Waals surface area contributed by atoms with Crippen LogP contribution in [0.1, 0.15) is 37.7 Å². The fourth-order valence-corrected chi connectivity index (χ4v) is 4.62. The van der Waals surface area contributed by atoms with E-state index in [0.29, 0.717) is 12.5 Å². The van der Waals surface area contributed by atoms with E-state index in [1.807, 2.05) is 23.9 Å². The molecule has 1 saturated heterocycles. The number of hydrogen-bond donors (Lipinski definition) is 2. The van der Waals surface area contributed by atoms with Gasteiger partial charge in [0.25, 0.3) is 0 Å². The van der Waals surface area contributed by atoms with Gasteiger partial charge in [0.05, 0.1) is 12.6 Å². The summed E-state index contributed by atoms with van der Waals surface area (Å²) in [6.45, 7) is 1.01. The lowest BCUT2D eigenvalue weighted by molar-refractivity contribution is -0.123. The summed E-state index contributed by atoms with van der Waals surface area (Å²) >= 11 is 1.93. The Morgan fingerprint density at radius 1 is 1.33 bits per heavy atom. The van der Waals surface area contributed by atoms with Crippen LogP contribution >= 0.6 is 24.2 Å². The molecule has 1 amide bonds. The van der Waals surface area contributed by atoms with Crippen molar-refractivity contribution >= 4 is 30.1 Å². The minimum atomic E-state index is -0.189. The number of amides is 1. The molecule has 1 atom stereocenters. The number of methoxy groups -OCH3 is 1. The van der Waals surface area contributed by atoms with Crippen LogP contribution in [0.3, 0.4) is 0 Å². The fourth-order valence-electron chi connectivity index (χ4n) is 3.67. The molecule has 2 fully saturated rings. The fraction of sp³-hybridized carbons (Fsp3) is 0.611. The second-order valence-electron chi connectivity index (χ2n) is 6.50. The molecule has 0 radical (unpaired) electrons. The van der Waals surface area contributed by atoms with Gasteiger partial charge in [0, 0.05) is 30.5 Å². The minimum Gasteiger partial charge on any atom is -0.497 e. The zero-order valence-electron chi connectivity index (χ0n) is 14.2. The van der Waals surface area contributed by atoms with E-state index in [0.717, 1.165) is 36.6 Å². The van der Waals surface area contributed by atoms with E-state index in [9.17, 15) is 4.79 Å². The third-order valence-electron chi connectivity index (χ3n) is 4.91. The molecule has 1 aromatic rings. The van der Waals surface area contributed by atoms with Crippen LogP contribution in [-0.2, 0) is 10.3 Å². The van der Waals surface area contributed by atoms with Crippen molar-refractivity contribution in [3.05, 3.63) is 29.8 Å². The Kier molecular flexibility index (Phi) is 7.26. The first-order valence-corrected chi connectivity index (χ1v) is 9.64. The summed E-state index contributed by atoms with van der Waals surface area (Å²) in [6, 6.07) is 8.48. The van der Waals surface area contributed by atoms with Crippen LogP contribution in [0.2, 0.25) is 0 Å². The molecule has 0 aromatic heterocycles. The molecule has 0 spiro atoms. The highest BCUT2D eigenvalue weighted by Gasteiger charge is 2.37. The molecule has 1 heterocycles. The summed E-state index contributed by atoms with van der Waals surface area (Å²) in [5.41, 5.74) is 1.01. The highest BCUT2D eigenvalue weighted by Crippen LogP contribution is 2.39. The van der Waals surface area contributed by atoms with Gasteiger partial charge in [-0.05, 0) is 30.5 Å². The number of benzene rings is 1. The maximum absolute atomic E-state index is 12.6. The molecule has 24 heavy (non-hydrogen) atoms. The lowest BCUT2D eigenvalue weighted by atomic mass is 9.87. The number of rotatable bonds is 5. The summed E-state index contributed by atoms with van der Waals surface area (Å²) < 4.78 is 5.25. The van der Waals surface area contributed by atoms with Gasteiger partial charge in [-0.2, -0.15) is 11.8 Å². The smallest absolute Gasteiger partial charge is 0.222 e. The Morgan fingerprint density at radius 3 is 2.62 bits per heavy atom. The highest BCUT2D eigenvalue weighted by molar-refractivity contribution is 7.99. The maximum Gasteiger partial charge on any atom is 0.222 e. The molecule has 1 aliphatic heterocycles. The molecular formula is C18H27ClN2O2S. The van der Waals surface area contributed by atoms with Crippen molar-refractivity contribution in [2.75, 3.05) is 25.2 Å². The van der Waals surface area contributed by atoms with Crippen LogP contribution in [-0.4, -0.2) is 37.1 Å². The number of thioether (sulfide) groups is 1. The number of ether oxygens (including phenoxy) is 1. The largest absolute Gasteiger partial charge is 0.497 e. The van der Waals surface area contributed by atoms with Gasteiger partial charge >= 0.3 is 0 Å². The second kappa shape index (κ2) is 8.97. The molecule has 1 unspecified atom stereocenters. The van der Waals surface area contributed by atoms with Crippen LogP contribution in [0, 0.1) is 0 Å². The van der Waals surface area contributed by atoms with E-state index in [1.54, 1.807) is 7.11 Å². The monoisotopic (exact) mass is 370 g/mol. The van der Waals surface area contributed by atoms with Gasteiger partial charge in [-0.15, -0.1) is 12.4 Å². The Hall–Kier alpha value is -0.910. The number of hydrogen-bond acceptors (Lipinski definition) is 4. The summed E-state index contributed by atoms with van der Waals surface area (Å²) in [4.78, 5) is 12.6. The normalized spacial score (nSPS) is 22.5. The van der Waals surface area contributed by atoms with Crippen LogP contribution in [0.25, 0.3) is 0 Å². The van der Waals surface area contributed by atoms with E-state index in [2.05, 4.69) is 22.8 Å². The van der Waals surface area contributed by atoms with Crippen molar-refractivity contribution in [1.82, 2.24) is 10.6 Å². The van der Waals surface area contributed by atoms with Crippen molar-refractivity contribution in [2.45, 2.75) is 43.7 Å². The Morgan fingerprint density at radius 2 is 2.04 bits per heavy atom.